The molecule has 1 atom stereocenters. The van der Waals surface area contributed by atoms with Crippen LogP contribution in [0.1, 0.15) is 46.4 Å². The van der Waals surface area contributed by atoms with Gasteiger partial charge in [-0.15, -0.1) is 0 Å². The lowest BCUT2D eigenvalue weighted by molar-refractivity contribution is 0.0933. The van der Waals surface area contributed by atoms with E-state index in [4.69, 9.17) is 17.3 Å². The normalized spacial score (nSPS) is 11.6. The zero-order valence-electron chi connectivity index (χ0n) is 18.5. The van der Waals surface area contributed by atoms with Gasteiger partial charge in [0.1, 0.15) is 5.82 Å². The Hall–Kier alpha value is -3.72. The molecule has 1 unspecified atom stereocenters. The Balaban J connectivity index is 1.37. The van der Waals surface area contributed by atoms with Gasteiger partial charge in [-0.25, -0.2) is 4.98 Å². The molecule has 4 rings (SSSR count). The van der Waals surface area contributed by atoms with E-state index in [1.165, 1.54) is 0 Å². The minimum absolute atomic E-state index is 0.00599. The second-order valence-electron chi connectivity index (χ2n) is 8.05. The Bertz CT molecular complexity index is 1350. The molecule has 0 saturated heterocycles. The highest BCUT2D eigenvalue weighted by atomic mass is 35.5. The minimum atomic E-state index is -0.538. The van der Waals surface area contributed by atoms with Gasteiger partial charge in [-0.05, 0) is 55.7 Å². The smallest absolute Gasteiger partial charge is 0.162 e. The van der Waals surface area contributed by atoms with Crippen molar-refractivity contribution in [2.75, 3.05) is 5.73 Å². The van der Waals surface area contributed by atoms with E-state index >= 15 is 0 Å². The Morgan fingerprint density at radius 1 is 1.03 bits per heavy atom. The van der Waals surface area contributed by atoms with Gasteiger partial charge >= 0.3 is 0 Å². The van der Waals surface area contributed by atoms with Crippen molar-refractivity contribution < 1.29 is 9.90 Å². The number of ketones is 1. The molecule has 0 spiro atoms. The van der Waals surface area contributed by atoms with Gasteiger partial charge in [-0.3, -0.25) is 9.78 Å². The lowest BCUT2D eigenvalue weighted by Gasteiger charge is -2.09. The first-order valence-electron chi connectivity index (χ1n) is 11.1. The largest absolute Gasteiger partial charge is 0.393 e. The van der Waals surface area contributed by atoms with Crippen molar-refractivity contribution in [3.63, 3.8) is 0 Å². The summed E-state index contributed by atoms with van der Waals surface area (Å²) in [4.78, 5) is 21.0. The van der Waals surface area contributed by atoms with Crippen LogP contribution < -0.4 is 5.73 Å². The van der Waals surface area contributed by atoms with Crippen LogP contribution in [-0.2, 0) is 6.42 Å². The number of aliphatic hydroxyl groups excluding tert-OH is 1. The standard InChI is InChI=1S/C28H24ClN3O2/c29-22-10-9-21-18-32-28(30)25(26(21)17-22)14-6-19-4-7-20(8-5-19)27(34)15-13-24(33)12-11-23-3-1-2-16-31-23/h1-5,7-10,16-18,24,33H,11-13,15H2,(H2,30,32). The second kappa shape index (κ2) is 10.9. The molecule has 2 aromatic heterocycles. The molecular formula is C28H24ClN3O2. The molecule has 0 amide bonds. The van der Waals surface area contributed by atoms with E-state index in [2.05, 4.69) is 21.8 Å². The predicted octanol–water partition coefficient (Wildman–Crippen LogP) is 5.22. The monoisotopic (exact) mass is 469 g/mol. The minimum Gasteiger partial charge on any atom is -0.393 e. The summed E-state index contributed by atoms with van der Waals surface area (Å²) in [5, 5.41) is 12.6. The van der Waals surface area contributed by atoms with Crippen LogP contribution in [0.15, 0.2) is 73.1 Å². The summed E-state index contributed by atoms with van der Waals surface area (Å²) in [5.74, 6) is 6.53. The van der Waals surface area contributed by atoms with Crippen LogP contribution in [-0.4, -0.2) is 27.0 Å². The van der Waals surface area contributed by atoms with Gasteiger partial charge in [-0.1, -0.05) is 47.7 Å². The molecular weight excluding hydrogens is 446 g/mol. The number of pyridine rings is 2. The quantitative estimate of drug-likeness (QED) is 0.286. The zero-order chi connectivity index (χ0) is 23.9. The third kappa shape index (κ3) is 5.99. The van der Waals surface area contributed by atoms with Gasteiger partial charge in [0.2, 0.25) is 0 Å². The first kappa shape index (κ1) is 23.4. The second-order valence-corrected chi connectivity index (χ2v) is 8.49. The number of hydrogen-bond acceptors (Lipinski definition) is 5. The number of nitrogen functional groups attached to an aromatic ring is 1. The van der Waals surface area contributed by atoms with Crippen molar-refractivity contribution in [1.29, 1.82) is 0 Å². The maximum Gasteiger partial charge on any atom is 0.162 e. The average Bonchev–Trinajstić information content (AvgIpc) is 2.86. The summed E-state index contributed by atoms with van der Waals surface area (Å²) in [7, 11) is 0. The van der Waals surface area contributed by atoms with Gasteiger partial charge in [0.05, 0.1) is 11.7 Å². The maximum atomic E-state index is 12.5. The van der Waals surface area contributed by atoms with Crippen LogP contribution in [0.4, 0.5) is 5.82 Å². The van der Waals surface area contributed by atoms with E-state index in [0.717, 1.165) is 22.0 Å². The number of carbonyl (C=O) groups excluding carboxylic acids is 1. The highest BCUT2D eigenvalue weighted by Crippen LogP contribution is 2.25. The summed E-state index contributed by atoms with van der Waals surface area (Å²) >= 11 is 6.14. The summed E-state index contributed by atoms with van der Waals surface area (Å²) < 4.78 is 0. The molecule has 34 heavy (non-hydrogen) atoms. The molecule has 170 valence electrons. The number of nitrogens with zero attached hydrogens (tertiary/aromatic N) is 2. The number of hydrogen-bond donors (Lipinski definition) is 2. The van der Waals surface area contributed by atoms with Crippen LogP contribution in [0.2, 0.25) is 5.02 Å². The number of aromatic nitrogens is 2. The number of benzene rings is 2. The molecule has 2 heterocycles. The van der Waals surface area contributed by atoms with E-state index in [9.17, 15) is 9.90 Å². The SMILES string of the molecule is Nc1ncc2ccc(Cl)cc2c1C#Cc1ccc(C(=O)CCC(O)CCc2ccccn2)cc1. The van der Waals surface area contributed by atoms with Gasteiger partial charge in [0, 0.05) is 51.4 Å². The number of aryl methyl sites for hydroxylation is 1. The number of halogens is 1. The van der Waals surface area contributed by atoms with Crippen molar-refractivity contribution >= 4 is 34.0 Å². The number of Topliss-reactive ketones (excluding diaryl/α,β-unsaturated/α-hetero) is 1. The van der Waals surface area contributed by atoms with E-state index in [-0.39, 0.29) is 12.2 Å². The van der Waals surface area contributed by atoms with E-state index in [1.807, 2.05) is 30.3 Å². The van der Waals surface area contributed by atoms with E-state index in [0.29, 0.717) is 41.2 Å². The molecule has 2 aromatic carbocycles. The Morgan fingerprint density at radius 2 is 1.85 bits per heavy atom. The first-order chi connectivity index (χ1) is 16.5. The number of fused-ring (bicyclic) bond motifs is 1. The number of carbonyl (C=O) groups is 1. The molecule has 0 aliphatic rings. The molecule has 0 fully saturated rings. The van der Waals surface area contributed by atoms with Crippen molar-refractivity contribution in [3.8, 4) is 11.8 Å². The zero-order valence-corrected chi connectivity index (χ0v) is 19.3. The lowest BCUT2D eigenvalue weighted by Crippen LogP contribution is -2.11. The van der Waals surface area contributed by atoms with Crippen LogP contribution in [0.3, 0.4) is 0 Å². The third-order valence-electron chi connectivity index (χ3n) is 5.59. The third-order valence-corrected chi connectivity index (χ3v) is 5.82. The van der Waals surface area contributed by atoms with Gasteiger partial charge < -0.3 is 10.8 Å². The van der Waals surface area contributed by atoms with Crippen LogP contribution in [0.25, 0.3) is 10.8 Å². The molecule has 5 nitrogen and oxygen atoms in total. The maximum absolute atomic E-state index is 12.5. The van der Waals surface area contributed by atoms with Crippen molar-refractivity contribution in [2.24, 2.45) is 0 Å². The fraction of sp³-hybridized carbons (Fsp3) is 0.179. The summed E-state index contributed by atoms with van der Waals surface area (Å²) in [5.41, 5.74) is 8.97. The Morgan fingerprint density at radius 3 is 2.62 bits per heavy atom. The highest BCUT2D eigenvalue weighted by molar-refractivity contribution is 6.31. The number of aliphatic hydroxyl groups is 1. The molecule has 0 aliphatic carbocycles. The number of nitrogens with two attached hydrogens (primary N) is 1. The van der Waals surface area contributed by atoms with E-state index < -0.39 is 6.10 Å². The van der Waals surface area contributed by atoms with Gasteiger partial charge in [-0.2, -0.15) is 0 Å². The molecule has 6 heteroatoms. The van der Waals surface area contributed by atoms with Crippen LogP contribution >= 0.6 is 11.6 Å². The molecule has 0 bridgehead atoms. The summed E-state index contributed by atoms with van der Waals surface area (Å²) in [6.45, 7) is 0. The summed E-state index contributed by atoms with van der Waals surface area (Å²) in [6, 6.07) is 18.4. The number of rotatable bonds is 7. The lowest BCUT2D eigenvalue weighted by atomic mass is 10.0. The first-order valence-corrected chi connectivity index (χ1v) is 11.4. The average molecular weight is 470 g/mol. The molecule has 4 aromatic rings. The van der Waals surface area contributed by atoms with Crippen molar-refractivity contribution in [2.45, 2.75) is 31.8 Å². The fourth-order valence-electron chi connectivity index (χ4n) is 3.65. The Kier molecular flexibility index (Phi) is 7.54. The predicted molar refractivity (Wildman–Crippen MR) is 136 cm³/mol. The van der Waals surface area contributed by atoms with Crippen molar-refractivity contribution in [1.82, 2.24) is 9.97 Å². The van der Waals surface area contributed by atoms with Crippen molar-refractivity contribution in [3.05, 3.63) is 100 Å². The topological polar surface area (TPSA) is 89.1 Å². The Labute approximate surface area is 203 Å². The number of anilines is 1. The molecule has 0 aliphatic heterocycles. The molecule has 0 radical (unpaired) electrons. The van der Waals surface area contributed by atoms with Crippen LogP contribution in [0, 0.1) is 11.8 Å². The molecule has 3 N–H and O–H groups in total. The van der Waals surface area contributed by atoms with Gasteiger partial charge in [0.15, 0.2) is 5.78 Å². The summed E-state index contributed by atoms with van der Waals surface area (Å²) in [6.07, 6.45) is 4.87. The van der Waals surface area contributed by atoms with Gasteiger partial charge in [0.25, 0.3) is 0 Å². The van der Waals surface area contributed by atoms with E-state index in [1.54, 1.807) is 42.7 Å². The fourth-order valence-corrected chi connectivity index (χ4v) is 3.82. The molecule has 0 saturated carbocycles. The van der Waals surface area contributed by atoms with Crippen LogP contribution in [0.5, 0.6) is 0 Å². The highest BCUT2D eigenvalue weighted by Gasteiger charge is 2.11.